The first-order valence-corrected chi connectivity index (χ1v) is 6.98. The van der Waals surface area contributed by atoms with Gasteiger partial charge in [-0.05, 0) is 25.0 Å². The number of hydrogen-bond acceptors (Lipinski definition) is 3. The summed E-state index contributed by atoms with van der Waals surface area (Å²) in [6, 6.07) is 5.50. The summed E-state index contributed by atoms with van der Waals surface area (Å²) in [6.07, 6.45) is 1.19. The second-order valence-electron chi connectivity index (χ2n) is 4.30. The average Bonchev–Trinajstić information content (AvgIpc) is 2.87. The largest absolute Gasteiger partial charge is 0.480 e. The van der Waals surface area contributed by atoms with E-state index in [1.54, 1.807) is 18.2 Å². The predicted molar refractivity (Wildman–Crippen MR) is 69.5 cm³/mol. The molecule has 0 unspecified atom stereocenters. The third-order valence-electron chi connectivity index (χ3n) is 3.05. The second kappa shape index (κ2) is 6.06. The maximum atomic E-state index is 13.4. The van der Waals surface area contributed by atoms with Gasteiger partial charge in [0, 0.05) is 11.4 Å². The highest BCUT2D eigenvalue weighted by molar-refractivity contribution is 8.00. The van der Waals surface area contributed by atoms with Crippen LogP contribution in [0, 0.1) is 5.82 Å². The summed E-state index contributed by atoms with van der Waals surface area (Å²) in [5, 5.41) is 9.00. The minimum atomic E-state index is -0.971. The molecule has 1 aliphatic rings. The van der Waals surface area contributed by atoms with Crippen LogP contribution in [-0.2, 0) is 9.59 Å². The minimum Gasteiger partial charge on any atom is -0.480 e. The van der Waals surface area contributed by atoms with Gasteiger partial charge in [0.15, 0.2) is 0 Å². The second-order valence-corrected chi connectivity index (χ2v) is 5.32. The van der Waals surface area contributed by atoms with Gasteiger partial charge < -0.3 is 10.0 Å². The summed E-state index contributed by atoms with van der Waals surface area (Å²) in [5.74, 6) is -1.53. The molecule has 1 N–H and O–H groups in total. The van der Waals surface area contributed by atoms with Gasteiger partial charge in [0.25, 0.3) is 0 Å². The van der Waals surface area contributed by atoms with E-state index in [0.717, 1.165) is 11.8 Å². The van der Waals surface area contributed by atoms with Crippen LogP contribution in [0.5, 0.6) is 0 Å². The Hall–Kier alpha value is -1.56. The fourth-order valence-electron chi connectivity index (χ4n) is 2.11. The Bertz CT molecular complexity index is 495. The lowest BCUT2D eigenvalue weighted by atomic mass is 10.2. The molecule has 4 nitrogen and oxygen atoms in total. The molecule has 19 heavy (non-hydrogen) atoms. The number of rotatable bonds is 4. The number of carbonyl (C=O) groups is 2. The first-order valence-electron chi connectivity index (χ1n) is 5.99. The molecular weight excluding hydrogens is 269 g/mol. The standard InChI is InChI=1S/C13H14FNO3S/c14-9-4-1-2-6-11(9)19-8-12(16)15-7-3-5-10(15)13(17)18/h1-2,4,6,10H,3,5,7-8H2,(H,17,18)/t10-/m1/s1. The third kappa shape index (κ3) is 3.26. The number of aliphatic carboxylic acids is 1. The number of carboxylic acids is 1. The van der Waals surface area contributed by atoms with Gasteiger partial charge in [-0.25, -0.2) is 9.18 Å². The number of carbonyl (C=O) groups excluding carboxylic acids is 1. The number of nitrogens with zero attached hydrogens (tertiary/aromatic N) is 1. The molecule has 1 aromatic carbocycles. The first-order chi connectivity index (χ1) is 9.09. The zero-order valence-electron chi connectivity index (χ0n) is 10.2. The quantitative estimate of drug-likeness (QED) is 0.859. The molecule has 6 heteroatoms. The van der Waals surface area contributed by atoms with Gasteiger partial charge in [-0.2, -0.15) is 0 Å². The lowest BCUT2D eigenvalue weighted by molar-refractivity contribution is -0.147. The van der Waals surface area contributed by atoms with E-state index in [4.69, 9.17) is 5.11 Å². The van der Waals surface area contributed by atoms with Gasteiger partial charge in [-0.1, -0.05) is 12.1 Å². The van der Waals surface area contributed by atoms with E-state index in [1.807, 2.05) is 0 Å². The lowest BCUT2D eigenvalue weighted by Gasteiger charge is -2.21. The van der Waals surface area contributed by atoms with E-state index < -0.39 is 12.0 Å². The molecule has 1 atom stereocenters. The van der Waals surface area contributed by atoms with E-state index in [1.165, 1.54) is 11.0 Å². The smallest absolute Gasteiger partial charge is 0.326 e. The van der Waals surface area contributed by atoms with Crippen molar-refractivity contribution in [3.63, 3.8) is 0 Å². The van der Waals surface area contributed by atoms with Crippen molar-refractivity contribution in [3.8, 4) is 0 Å². The number of likely N-dealkylation sites (tertiary alicyclic amines) is 1. The molecule has 2 rings (SSSR count). The Kier molecular flexibility index (Phi) is 4.42. The fourth-order valence-corrected chi connectivity index (χ4v) is 2.93. The van der Waals surface area contributed by atoms with E-state index in [-0.39, 0.29) is 17.5 Å². The van der Waals surface area contributed by atoms with Gasteiger partial charge >= 0.3 is 5.97 Å². The van der Waals surface area contributed by atoms with Gasteiger partial charge in [-0.15, -0.1) is 11.8 Å². The van der Waals surface area contributed by atoms with Crippen molar-refractivity contribution < 1.29 is 19.1 Å². The Morgan fingerprint density at radius 3 is 2.84 bits per heavy atom. The monoisotopic (exact) mass is 283 g/mol. The molecule has 1 aromatic rings. The van der Waals surface area contributed by atoms with Crippen molar-refractivity contribution in [3.05, 3.63) is 30.1 Å². The lowest BCUT2D eigenvalue weighted by Crippen LogP contribution is -2.41. The van der Waals surface area contributed by atoms with Gasteiger partial charge in [0.05, 0.1) is 5.75 Å². The first kappa shape index (κ1) is 13.9. The molecule has 102 valence electrons. The van der Waals surface area contributed by atoms with Crippen molar-refractivity contribution in [2.24, 2.45) is 0 Å². The van der Waals surface area contributed by atoms with Crippen LogP contribution in [0.15, 0.2) is 29.2 Å². The third-order valence-corrected chi connectivity index (χ3v) is 4.08. The number of benzene rings is 1. The molecule has 1 fully saturated rings. The van der Waals surface area contributed by atoms with Crippen molar-refractivity contribution in [1.29, 1.82) is 0 Å². The summed E-state index contributed by atoms with van der Waals surface area (Å²) >= 11 is 1.10. The predicted octanol–water partition coefficient (Wildman–Crippen LogP) is 1.99. The van der Waals surface area contributed by atoms with Crippen molar-refractivity contribution in [2.45, 2.75) is 23.8 Å². The molecule has 0 spiro atoms. The Labute approximate surface area is 114 Å². The highest BCUT2D eigenvalue weighted by Crippen LogP contribution is 2.24. The summed E-state index contributed by atoms with van der Waals surface area (Å²) in [4.78, 5) is 24.7. The Balaban J connectivity index is 1.95. The zero-order valence-corrected chi connectivity index (χ0v) is 11.0. The highest BCUT2D eigenvalue weighted by atomic mass is 32.2. The molecule has 1 aliphatic heterocycles. The van der Waals surface area contributed by atoms with Gasteiger partial charge in [0.1, 0.15) is 11.9 Å². The van der Waals surface area contributed by atoms with Crippen molar-refractivity contribution in [2.75, 3.05) is 12.3 Å². The average molecular weight is 283 g/mol. The number of carboxylic acid groups (broad SMARTS) is 1. The number of thioether (sulfide) groups is 1. The normalized spacial score (nSPS) is 18.6. The minimum absolute atomic E-state index is 0.0602. The van der Waals surface area contributed by atoms with Gasteiger partial charge in [-0.3, -0.25) is 4.79 Å². The number of amides is 1. The van der Waals surface area contributed by atoms with Crippen LogP contribution in [0.2, 0.25) is 0 Å². The van der Waals surface area contributed by atoms with E-state index >= 15 is 0 Å². The zero-order chi connectivity index (χ0) is 13.8. The molecule has 1 saturated heterocycles. The van der Waals surface area contributed by atoms with E-state index in [0.29, 0.717) is 24.3 Å². The molecule has 0 bridgehead atoms. The summed E-state index contributed by atoms with van der Waals surface area (Å²) in [7, 11) is 0. The maximum Gasteiger partial charge on any atom is 0.326 e. The summed E-state index contributed by atoms with van der Waals surface area (Å²) in [6.45, 7) is 0.466. The molecule has 0 aliphatic carbocycles. The number of halogens is 1. The van der Waals surface area contributed by atoms with Crippen LogP contribution in [0.25, 0.3) is 0 Å². The van der Waals surface area contributed by atoms with Crippen LogP contribution in [-0.4, -0.2) is 40.2 Å². The SMILES string of the molecule is O=C(O)[C@H]1CCCN1C(=O)CSc1ccccc1F. The van der Waals surface area contributed by atoms with Crippen LogP contribution in [0.3, 0.4) is 0 Å². The van der Waals surface area contributed by atoms with Crippen LogP contribution in [0.4, 0.5) is 4.39 Å². The summed E-state index contributed by atoms with van der Waals surface area (Å²) < 4.78 is 13.4. The van der Waals surface area contributed by atoms with Crippen LogP contribution >= 0.6 is 11.8 Å². The van der Waals surface area contributed by atoms with Crippen LogP contribution in [0.1, 0.15) is 12.8 Å². The van der Waals surface area contributed by atoms with Gasteiger partial charge in [0.2, 0.25) is 5.91 Å². The molecule has 1 amide bonds. The Morgan fingerprint density at radius 2 is 2.16 bits per heavy atom. The van der Waals surface area contributed by atoms with E-state index in [2.05, 4.69) is 0 Å². The molecule has 0 aromatic heterocycles. The fraction of sp³-hybridized carbons (Fsp3) is 0.385. The molecule has 0 radical (unpaired) electrons. The topological polar surface area (TPSA) is 57.6 Å². The molecular formula is C13H14FNO3S. The van der Waals surface area contributed by atoms with Crippen molar-refractivity contribution >= 4 is 23.6 Å². The maximum absolute atomic E-state index is 13.4. The van der Waals surface area contributed by atoms with E-state index in [9.17, 15) is 14.0 Å². The summed E-state index contributed by atoms with van der Waals surface area (Å²) in [5.41, 5.74) is 0. The van der Waals surface area contributed by atoms with Crippen molar-refractivity contribution in [1.82, 2.24) is 4.90 Å². The molecule has 0 saturated carbocycles. The highest BCUT2D eigenvalue weighted by Gasteiger charge is 2.33. The van der Waals surface area contributed by atoms with Crippen LogP contribution < -0.4 is 0 Å². The Morgan fingerprint density at radius 1 is 1.42 bits per heavy atom. The molecule has 1 heterocycles. The number of hydrogen-bond donors (Lipinski definition) is 1.